The third-order valence-electron chi connectivity index (χ3n) is 4.64. The van der Waals surface area contributed by atoms with Crippen molar-refractivity contribution in [2.45, 2.75) is 39.3 Å². The Hall–Kier alpha value is -0.910. The Balaban J connectivity index is 2.02. The van der Waals surface area contributed by atoms with Crippen LogP contribution in [0, 0.1) is 6.92 Å². The smallest absolute Gasteiger partial charge is 0.0641 e. The first-order chi connectivity index (χ1) is 9.56. The molecule has 0 radical (unpaired) electrons. The third kappa shape index (κ3) is 3.22. The van der Waals surface area contributed by atoms with Crippen molar-refractivity contribution in [3.05, 3.63) is 17.5 Å². The Morgan fingerprint density at radius 2 is 1.85 bits per heavy atom. The zero-order chi connectivity index (χ0) is 14.7. The van der Waals surface area contributed by atoms with E-state index in [1.165, 1.54) is 12.0 Å². The SMILES string of the molecule is CCC(C)N1CCN(C(CN)c2cn(C)nc2C)CC1. The van der Waals surface area contributed by atoms with Gasteiger partial charge in [-0.2, -0.15) is 5.10 Å². The van der Waals surface area contributed by atoms with E-state index in [4.69, 9.17) is 5.73 Å². The van der Waals surface area contributed by atoms with E-state index in [1.54, 1.807) is 0 Å². The van der Waals surface area contributed by atoms with E-state index in [0.717, 1.165) is 31.9 Å². The highest BCUT2D eigenvalue weighted by molar-refractivity contribution is 5.21. The van der Waals surface area contributed by atoms with E-state index in [0.29, 0.717) is 18.6 Å². The number of hydrogen-bond acceptors (Lipinski definition) is 4. The molecule has 114 valence electrons. The Morgan fingerprint density at radius 3 is 2.30 bits per heavy atom. The molecule has 1 aliphatic heterocycles. The van der Waals surface area contributed by atoms with E-state index in [-0.39, 0.29) is 0 Å². The van der Waals surface area contributed by atoms with Gasteiger partial charge in [0, 0.05) is 57.6 Å². The van der Waals surface area contributed by atoms with Crippen LogP contribution in [0.2, 0.25) is 0 Å². The molecule has 0 amide bonds. The lowest BCUT2D eigenvalue weighted by Gasteiger charge is -2.41. The summed E-state index contributed by atoms with van der Waals surface area (Å²) < 4.78 is 1.89. The maximum atomic E-state index is 6.04. The second-order valence-electron chi connectivity index (χ2n) is 5.92. The number of hydrogen-bond donors (Lipinski definition) is 1. The molecule has 5 nitrogen and oxygen atoms in total. The first kappa shape index (κ1) is 15.5. The quantitative estimate of drug-likeness (QED) is 0.878. The van der Waals surface area contributed by atoms with Crippen LogP contribution in [0.1, 0.15) is 37.6 Å². The highest BCUT2D eigenvalue weighted by Crippen LogP contribution is 2.24. The van der Waals surface area contributed by atoms with Crippen molar-refractivity contribution in [3.8, 4) is 0 Å². The summed E-state index contributed by atoms with van der Waals surface area (Å²) in [6, 6.07) is 0.997. The summed E-state index contributed by atoms with van der Waals surface area (Å²) in [7, 11) is 1.98. The van der Waals surface area contributed by atoms with Gasteiger partial charge in [0.2, 0.25) is 0 Å². The molecule has 1 aliphatic rings. The van der Waals surface area contributed by atoms with Crippen LogP contribution < -0.4 is 5.73 Å². The van der Waals surface area contributed by atoms with E-state index in [1.807, 2.05) is 11.7 Å². The molecule has 0 saturated carbocycles. The molecule has 0 aliphatic carbocycles. The van der Waals surface area contributed by atoms with Crippen LogP contribution in [-0.4, -0.2) is 58.3 Å². The first-order valence-electron chi connectivity index (χ1n) is 7.75. The number of piperazine rings is 1. The van der Waals surface area contributed by atoms with Crippen molar-refractivity contribution in [2.24, 2.45) is 12.8 Å². The van der Waals surface area contributed by atoms with Gasteiger partial charge in [0.15, 0.2) is 0 Å². The van der Waals surface area contributed by atoms with Crippen molar-refractivity contribution in [3.63, 3.8) is 0 Å². The fourth-order valence-corrected chi connectivity index (χ4v) is 3.17. The first-order valence-corrected chi connectivity index (χ1v) is 7.75. The van der Waals surface area contributed by atoms with Crippen molar-refractivity contribution in [1.29, 1.82) is 0 Å². The minimum absolute atomic E-state index is 0.308. The second kappa shape index (κ2) is 6.70. The molecule has 1 fully saturated rings. The van der Waals surface area contributed by atoms with Crippen LogP contribution >= 0.6 is 0 Å². The van der Waals surface area contributed by atoms with Crippen molar-refractivity contribution >= 4 is 0 Å². The summed E-state index contributed by atoms with van der Waals surface area (Å²) in [6.07, 6.45) is 3.34. The van der Waals surface area contributed by atoms with Crippen LogP contribution in [0.15, 0.2) is 6.20 Å². The molecular weight excluding hydrogens is 250 g/mol. The van der Waals surface area contributed by atoms with Gasteiger partial charge in [-0.05, 0) is 20.3 Å². The number of aryl methyl sites for hydroxylation is 2. The lowest BCUT2D eigenvalue weighted by atomic mass is 10.0. The van der Waals surface area contributed by atoms with E-state index >= 15 is 0 Å². The normalized spacial score (nSPS) is 21.1. The average Bonchev–Trinajstić information content (AvgIpc) is 2.78. The lowest BCUT2D eigenvalue weighted by Crippen LogP contribution is -2.51. The van der Waals surface area contributed by atoms with Crippen molar-refractivity contribution < 1.29 is 0 Å². The summed E-state index contributed by atoms with van der Waals surface area (Å²) in [5, 5.41) is 4.46. The summed E-state index contributed by atoms with van der Waals surface area (Å²) in [6.45, 7) is 11.8. The molecular formula is C15H29N5. The van der Waals surface area contributed by atoms with E-state index < -0.39 is 0 Å². The number of rotatable bonds is 5. The van der Waals surface area contributed by atoms with Gasteiger partial charge < -0.3 is 5.73 Å². The van der Waals surface area contributed by atoms with E-state index in [2.05, 4.69) is 41.9 Å². The Bertz CT molecular complexity index is 420. The zero-order valence-corrected chi connectivity index (χ0v) is 13.3. The molecule has 1 aromatic heterocycles. The Labute approximate surface area is 122 Å². The van der Waals surface area contributed by atoms with Crippen LogP contribution in [0.4, 0.5) is 0 Å². The second-order valence-corrected chi connectivity index (χ2v) is 5.92. The molecule has 5 heteroatoms. The van der Waals surface area contributed by atoms with Gasteiger partial charge in [-0.25, -0.2) is 0 Å². The lowest BCUT2D eigenvalue weighted by molar-refractivity contribution is 0.0741. The Kier molecular flexibility index (Phi) is 5.18. The van der Waals surface area contributed by atoms with E-state index in [9.17, 15) is 0 Å². The largest absolute Gasteiger partial charge is 0.329 e. The maximum absolute atomic E-state index is 6.04. The third-order valence-corrected chi connectivity index (χ3v) is 4.64. The number of aromatic nitrogens is 2. The molecule has 2 unspecified atom stereocenters. The molecule has 1 saturated heterocycles. The molecule has 0 bridgehead atoms. The topological polar surface area (TPSA) is 50.3 Å². The summed E-state index contributed by atoms with van der Waals surface area (Å²) in [4.78, 5) is 5.10. The molecule has 0 spiro atoms. The standard InChI is InChI=1S/C15H29N5/c1-5-12(2)19-6-8-20(9-7-19)15(10-16)14-11-18(4)17-13(14)3/h11-12,15H,5-10,16H2,1-4H3. The summed E-state index contributed by atoms with van der Waals surface area (Å²) in [5.74, 6) is 0. The molecule has 2 N–H and O–H groups in total. The van der Waals surface area contributed by atoms with Gasteiger partial charge >= 0.3 is 0 Å². The van der Waals surface area contributed by atoms with Crippen molar-refractivity contribution in [1.82, 2.24) is 19.6 Å². The monoisotopic (exact) mass is 279 g/mol. The molecule has 2 atom stereocenters. The number of nitrogens with two attached hydrogens (primary N) is 1. The summed E-state index contributed by atoms with van der Waals surface area (Å²) in [5.41, 5.74) is 8.43. The Morgan fingerprint density at radius 1 is 1.25 bits per heavy atom. The molecule has 0 aromatic carbocycles. The van der Waals surface area contributed by atoms with Crippen LogP contribution in [0.3, 0.4) is 0 Å². The fraction of sp³-hybridized carbons (Fsp3) is 0.800. The molecule has 2 heterocycles. The molecule has 1 aromatic rings. The molecule has 2 rings (SSSR count). The van der Waals surface area contributed by atoms with Gasteiger partial charge in [0.25, 0.3) is 0 Å². The van der Waals surface area contributed by atoms with Gasteiger partial charge in [-0.3, -0.25) is 14.5 Å². The van der Waals surface area contributed by atoms with Gasteiger partial charge in [-0.15, -0.1) is 0 Å². The number of nitrogens with zero attached hydrogens (tertiary/aromatic N) is 4. The summed E-state index contributed by atoms with van der Waals surface area (Å²) >= 11 is 0. The highest BCUT2D eigenvalue weighted by Gasteiger charge is 2.27. The predicted octanol–water partition coefficient (Wildman–Crippen LogP) is 1.14. The predicted molar refractivity (Wildman–Crippen MR) is 82.6 cm³/mol. The maximum Gasteiger partial charge on any atom is 0.0641 e. The molecule has 20 heavy (non-hydrogen) atoms. The van der Waals surface area contributed by atoms with Gasteiger partial charge in [-0.1, -0.05) is 6.92 Å². The fourth-order valence-electron chi connectivity index (χ4n) is 3.17. The van der Waals surface area contributed by atoms with Gasteiger partial charge in [0.1, 0.15) is 0 Å². The average molecular weight is 279 g/mol. The van der Waals surface area contributed by atoms with Crippen molar-refractivity contribution in [2.75, 3.05) is 32.7 Å². The minimum Gasteiger partial charge on any atom is -0.329 e. The van der Waals surface area contributed by atoms with Crippen LogP contribution in [0.25, 0.3) is 0 Å². The van der Waals surface area contributed by atoms with Crippen LogP contribution in [0.5, 0.6) is 0 Å². The minimum atomic E-state index is 0.308. The zero-order valence-electron chi connectivity index (χ0n) is 13.3. The van der Waals surface area contributed by atoms with Gasteiger partial charge in [0.05, 0.1) is 11.7 Å². The van der Waals surface area contributed by atoms with Crippen LogP contribution in [-0.2, 0) is 7.05 Å². The highest BCUT2D eigenvalue weighted by atomic mass is 15.3.